The smallest absolute Gasteiger partial charge is 0.370 e. The highest BCUT2D eigenvalue weighted by Crippen LogP contribution is 2.59. The van der Waals surface area contributed by atoms with Gasteiger partial charge in [0, 0.05) is 23.4 Å². The third-order valence-electron chi connectivity index (χ3n) is 10.2. The van der Waals surface area contributed by atoms with Crippen LogP contribution in [0.1, 0.15) is 65.9 Å². The van der Waals surface area contributed by atoms with Crippen LogP contribution in [0.25, 0.3) is 10.1 Å². The van der Waals surface area contributed by atoms with Gasteiger partial charge in [0.2, 0.25) is 11.8 Å². The summed E-state index contributed by atoms with van der Waals surface area (Å²) in [6.07, 6.45) is 3.04. The lowest BCUT2D eigenvalue weighted by atomic mass is 9.89. The molecule has 3 aliphatic rings. The Bertz CT molecular complexity index is 1750. The molecular formula is C35H43F2N4O7PS. The Labute approximate surface area is 293 Å². The van der Waals surface area contributed by atoms with Crippen LogP contribution in [0, 0.1) is 5.92 Å². The summed E-state index contributed by atoms with van der Waals surface area (Å²) < 4.78 is 46.7. The summed E-state index contributed by atoms with van der Waals surface area (Å²) >= 11 is 1.03. The van der Waals surface area contributed by atoms with Crippen LogP contribution in [0.15, 0.2) is 54.6 Å². The van der Waals surface area contributed by atoms with Crippen molar-refractivity contribution in [2.45, 2.75) is 62.9 Å². The van der Waals surface area contributed by atoms with Gasteiger partial charge in [0.05, 0.1) is 18.0 Å². The maximum Gasteiger partial charge on any atom is 0.399 e. The lowest BCUT2D eigenvalue weighted by Gasteiger charge is -2.37. The topological polar surface area (TPSA) is 140 Å². The lowest BCUT2D eigenvalue weighted by molar-refractivity contribution is -0.149. The molecule has 4 heterocycles. The van der Waals surface area contributed by atoms with Gasteiger partial charge in [-0.25, -0.2) is 0 Å². The van der Waals surface area contributed by atoms with Gasteiger partial charge in [-0.05, 0) is 86.8 Å². The molecule has 3 amide bonds. The van der Waals surface area contributed by atoms with Gasteiger partial charge >= 0.3 is 13.3 Å². The molecule has 0 bridgehead atoms. The van der Waals surface area contributed by atoms with E-state index in [9.17, 15) is 37.5 Å². The first kappa shape index (κ1) is 36.5. The summed E-state index contributed by atoms with van der Waals surface area (Å²) in [4.78, 5) is 66.3. The van der Waals surface area contributed by atoms with Crippen molar-refractivity contribution in [1.82, 2.24) is 20.0 Å². The second-order valence-electron chi connectivity index (χ2n) is 13.3. The molecule has 3 aliphatic heterocycles. The van der Waals surface area contributed by atoms with E-state index in [0.717, 1.165) is 61.5 Å². The number of carbonyl (C=O) groups excluding carboxylic acids is 3. The molecule has 15 heteroatoms. The number of piperidine rings is 1. The summed E-state index contributed by atoms with van der Waals surface area (Å²) in [6.45, 7) is 6.39. The Morgan fingerprint density at radius 3 is 2.48 bits per heavy atom. The van der Waals surface area contributed by atoms with Gasteiger partial charge in [-0.3, -0.25) is 18.9 Å². The van der Waals surface area contributed by atoms with E-state index in [0.29, 0.717) is 50.2 Å². The van der Waals surface area contributed by atoms with Crippen LogP contribution < -0.4 is 5.32 Å². The zero-order valence-corrected chi connectivity index (χ0v) is 29.6. The zero-order chi connectivity index (χ0) is 35.6. The standard InChI is InChI=1S/C35H43F2N4O7PS/c1-2-39-15-12-23(13-16-39)19-27(38-32(42)31-21-25-20-26(10-11-30(25)50-31)35(36,37)49(45,46)47)33(43)41-14-6-9-28(41)34(44)40-17-18-48-29(22-40)24-7-4-3-5-8-24/h3-5,7-8,10-11,20-21,23,27-29H,2,6,9,12-19,22H2,1H3,(H,38,42)(H2,45,46,47). The Balaban J connectivity index is 1.20. The molecule has 0 saturated carbocycles. The van der Waals surface area contributed by atoms with E-state index < -0.39 is 36.8 Å². The molecule has 2 aromatic carbocycles. The van der Waals surface area contributed by atoms with E-state index in [1.165, 1.54) is 12.1 Å². The first-order valence-electron chi connectivity index (χ1n) is 17.1. The molecule has 3 atom stereocenters. The molecule has 3 aromatic rings. The fourth-order valence-corrected chi connectivity index (χ4v) is 8.67. The number of alkyl halides is 2. The van der Waals surface area contributed by atoms with Crippen molar-refractivity contribution < 1.29 is 42.3 Å². The quantitative estimate of drug-likeness (QED) is 0.249. The largest absolute Gasteiger partial charge is 0.399 e. The SMILES string of the molecule is CCN1CCC(CC(NC(=O)c2cc3cc(C(F)(F)P(=O)(O)O)ccc3s2)C(=O)N2CCCC2C(=O)N2CCOC(c3ccccc3)C2)CC1. The average Bonchev–Trinajstić information content (AvgIpc) is 3.79. The van der Waals surface area contributed by atoms with Crippen molar-refractivity contribution in [3.05, 3.63) is 70.6 Å². The second kappa shape index (κ2) is 15.1. The molecule has 3 fully saturated rings. The minimum Gasteiger partial charge on any atom is -0.370 e. The third-order valence-corrected chi connectivity index (χ3v) is 12.3. The molecule has 3 saturated heterocycles. The molecule has 50 heavy (non-hydrogen) atoms. The van der Waals surface area contributed by atoms with Gasteiger partial charge in [-0.2, -0.15) is 8.78 Å². The van der Waals surface area contributed by atoms with Crippen molar-refractivity contribution in [3.63, 3.8) is 0 Å². The van der Waals surface area contributed by atoms with Gasteiger partial charge < -0.3 is 34.5 Å². The van der Waals surface area contributed by atoms with Gasteiger partial charge in [0.1, 0.15) is 18.2 Å². The number of ether oxygens (including phenoxy) is 1. The Kier molecular flexibility index (Phi) is 11.1. The van der Waals surface area contributed by atoms with Crippen molar-refractivity contribution in [3.8, 4) is 0 Å². The highest BCUT2D eigenvalue weighted by atomic mass is 32.1. The van der Waals surface area contributed by atoms with Crippen LogP contribution in [-0.2, 0) is 24.6 Å². The fourth-order valence-electron chi connectivity index (χ4n) is 7.25. The summed E-state index contributed by atoms with van der Waals surface area (Å²) in [5, 5.41) is 3.16. The van der Waals surface area contributed by atoms with Crippen LogP contribution in [0.5, 0.6) is 0 Å². The molecule has 11 nitrogen and oxygen atoms in total. The van der Waals surface area contributed by atoms with Crippen LogP contribution >= 0.6 is 18.9 Å². The van der Waals surface area contributed by atoms with Crippen LogP contribution in [0.3, 0.4) is 0 Å². The van der Waals surface area contributed by atoms with Crippen molar-refractivity contribution in [1.29, 1.82) is 0 Å². The number of morpholine rings is 1. The number of nitrogens with zero attached hydrogens (tertiary/aromatic N) is 3. The number of thiophene rings is 1. The Morgan fingerprint density at radius 2 is 1.78 bits per heavy atom. The summed E-state index contributed by atoms with van der Waals surface area (Å²) in [5.74, 6) is -0.826. The van der Waals surface area contributed by atoms with Crippen molar-refractivity contribution >= 4 is 46.7 Å². The summed E-state index contributed by atoms with van der Waals surface area (Å²) in [6, 6.07) is 12.8. The fraction of sp³-hybridized carbons (Fsp3) is 0.514. The normalized spacial score (nSPS) is 21.8. The summed E-state index contributed by atoms with van der Waals surface area (Å²) in [7, 11) is -5.77. The number of rotatable bonds is 10. The van der Waals surface area contributed by atoms with Crippen molar-refractivity contribution in [2.24, 2.45) is 5.92 Å². The van der Waals surface area contributed by atoms with E-state index in [4.69, 9.17) is 4.74 Å². The number of hydrogen-bond donors (Lipinski definition) is 3. The number of fused-ring (bicyclic) bond motifs is 1. The Hall–Kier alpha value is -3.26. The monoisotopic (exact) mass is 732 g/mol. The number of nitrogens with one attached hydrogen (secondary N) is 1. The predicted octanol–water partition coefficient (Wildman–Crippen LogP) is 4.94. The highest BCUT2D eigenvalue weighted by Gasteiger charge is 2.50. The molecule has 0 aliphatic carbocycles. The number of carbonyl (C=O) groups is 3. The van der Waals surface area contributed by atoms with Crippen LogP contribution in [-0.4, -0.2) is 100 Å². The molecule has 6 rings (SSSR count). The molecule has 0 radical (unpaired) electrons. The average molecular weight is 733 g/mol. The third kappa shape index (κ3) is 7.80. The van der Waals surface area contributed by atoms with E-state index in [-0.39, 0.29) is 34.1 Å². The minimum atomic E-state index is -5.77. The maximum atomic E-state index is 14.4. The van der Waals surface area contributed by atoms with Gasteiger partial charge in [-0.1, -0.05) is 43.3 Å². The first-order chi connectivity index (χ1) is 23.9. The Morgan fingerprint density at radius 1 is 1.04 bits per heavy atom. The van der Waals surface area contributed by atoms with E-state index in [2.05, 4.69) is 17.1 Å². The van der Waals surface area contributed by atoms with Gasteiger partial charge in [0.25, 0.3) is 5.91 Å². The number of hydrogen-bond acceptors (Lipinski definition) is 7. The minimum absolute atomic E-state index is 0.131. The van der Waals surface area contributed by atoms with Crippen LogP contribution in [0.2, 0.25) is 0 Å². The van der Waals surface area contributed by atoms with Gasteiger partial charge in [0.15, 0.2) is 0 Å². The number of amides is 3. The van der Waals surface area contributed by atoms with Gasteiger partial charge in [-0.15, -0.1) is 11.3 Å². The van der Waals surface area contributed by atoms with E-state index in [1.54, 1.807) is 9.80 Å². The molecule has 1 aromatic heterocycles. The van der Waals surface area contributed by atoms with E-state index >= 15 is 0 Å². The lowest BCUT2D eigenvalue weighted by Crippen LogP contribution is -2.56. The highest BCUT2D eigenvalue weighted by molar-refractivity contribution is 7.52. The predicted molar refractivity (Wildman–Crippen MR) is 185 cm³/mol. The molecule has 3 N–H and O–H groups in total. The molecule has 270 valence electrons. The molecule has 0 spiro atoms. The number of halogens is 2. The maximum absolute atomic E-state index is 14.4. The van der Waals surface area contributed by atoms with Crippen LogP contribution in [0.4, 0.5) is 8.78 Å². The summed E-state index contributed by atoms with van der Waals surface area (Å²) in [5.41, 5.74) is -4.26. The number of likely N-dealkylation sites (tertiary alicyclic amines) is 2. The zero-order valence-electron chi connectivity index (χ0n) is 27.9. The molecule has 3 unspecified atom stereocenters. The van der Waals surface area contributed by atoms with Crippen molar-refractivity contribution in [2.75, 3.05) is 45.9 Å². The first-order valence-corrected chi connectivity index (χ1v) is 19.5. The van der Waals surface area contributed by atoms with E-state index in [1.807, 2.05) is 30.3 Å². The molecular weight excluding hydrogens is 689 g/mol. The second-order valence-corrected chi connectivity index (χ2v) is 16.1. The number of benzene rings is 2.